The van der Waals surface area contributed by atoms with Gasteiger partial charge in [0.05, 0.1) is 5.75 Å². The minimum absolute atomic E-state index is 0.158. The Hall–Kier alpha value is -0.810. The third-order valence-electron chi connectivity index (χ3n) is 3.22. The van der Waals surface area contributed by atoms with Gasteiger partial charge in [0.2, 0.25) is 0 Å². The van der Waals surface area contributed by atoms with Gasteiger partial charge < -0.3 is 10.3 Å². The molecule has 2 rings (SSSR count). The molecular formula is C12H20N2O2S. The average Bonchev–Trinajstić information content (AvgIpc) is 2.96. The van der Waals surface area contributed by atoms with Crippen molar-refractivity contribution in [3.63, 3.8) is 0 Å². The van der Waals surface area contributed by atoms with E-state index in [0.717, 1.165) is 6.54 Å². The van der Waals surface area contributed by atoms with Gasteiger partial charge in [0, 0.05) is 31.2 Å². The molecule has 5 heteroatoms. The topological polar surface area (TPSA) is 65.1 Å². The van der Waals surface area contributed by atoms with Crippen LogP contribution in [0.5, 0.6) is 0 Å². The van der Waals surface area contributed by atoms with Crippen LogP contribution in [0, 0.1) is 5.92 Å². The minimum atomic E-state index is -2.85. The van der Waals surface area contributed by atoms with Crippen molar-refractivity contribution < 1.29 is 8.42 Å². The summed E-state index contributed by atoms with van der Waals surface area (Å²) in [5.74, 6) is 0.900. The first-order chi connectivity index (χ1) is 7.96. The lowest BCUT2D eigenvalue weighted by Gasteiger charge is -2.07. The molecule has 96 valence electrons. The molecule has 1 fully saturated rings. The van der Waals surface area contributed by atoms with Gasteiger partial charge in [-0.3, -0.25) is 0 Å². The molecule has 1 unspecified atom stereocenters. The number of hydrogen-bond acceptors (Lipinski definition) is 3. The van der Waals surface area contributed by atoms with Crippen LogP contribution in [0.2, 0.25) is 0 Å². The third-order valence-corrected chi connectivity index (χ3v) is 4.25. The summed E-state index contributed by atoms with van der Waals surface area (Å²) in [6, 6.07) is 2.20. The van der Waals surface area contributed by atoms with E-state index in [1.165, 1.54) is 24.7 Å². The smallest absolute Gasteiger partial charge is 0.147 e. The molecule has 1 aromatic rings. The summed E-state index contributed by atoms with van der Waals surface area (Å²) in [6.07, 6.45) is 8.44. The molecule has 1 heterocycles. The second-order valence-corrected chi connectivity index (χ2v) is 7.29. The predicted octanol–water partition coefficient (Wildman–Crippen LogP) is 1.33. The van der Waals surface area contributed by atoms with Gasteiger partial charge in [0.25, 0.3) is 0 Å². The highest BCUT2D eigenvalue weighted by Crippen LogP contribution is 2.39. The van der Waals surface area contributed by atoms with Crippen LogP contribution >= 0.6 is 0 Å². The lowest BCUT2D eigenvalue weighted by atomic mass is 10.1. The Bertz CT molecular complexity index is 474. The molecule has 2 N–H and O–H groups in total. The quantitative estimate of drug-likeness (QED) is 0.835. The highest BCUT2D eigenvalue weighted by molar-refractivity contribution is 7.90. The molecule has 4 nitrogen and oxygen atoms in total. The molecule has 1 saturated carbocycles. The summed E-state index contributed by atoms with van der Waals surface area (Å²) in [7, 11) is -2.85. The second kappa shape index (κ2) is 4.82. The number of hydrogen-bond donors (Lipinski definition) is 1. The van der Waals surface area contributed by atoms with Crippen LogP contribution in [0.25, 0.3) is 0 Å². The number of aryl methyl sites for hydroxylation is 1. The summed E-state index contributed by atoms with van der Waals surface area (Å²) >= 11 is 0. The van der Waals surface area contributed by atoms with E-state index >= 15 is 0 Å². The number of nitrogens with two attached hydrogens (primary N) is 1. The zero-order valence-electron chi connectivity index (χ0n) is 10.2. The first-order valence-corrected chi connectivity index (χ1v) is 8.11. The van der Waals surface area contributed by atoms with E-state index < -0.39 is 9.84 Å². The molecule has 17 heavy (non-hydrogen) atoms. The summed E-state index contributed by atoms with van der Waals surface area (Å²) in [5.41, 5.74) is 7.28. The zero-order chi connectivity index (χ0) is 12.5. The van der Waals surface area contributed by atoms with Crippen LogP contribution in [0.1, 0.15) is 30.9 Å². The highest BCUT2D eigenvalue weighted by atomic mass is 32.2. The largest absolute Gasteiger partial charge is 0.354 e. The third kappa shape index (κ3) is 3.85. The number of nitrogens with zero attached hydrogens (tertiary/aromatic N) is 1. The molecular weight excluding hydrogens is 236 g/mol. The van der Waals surface area contributed by atoms with E-state index in [0.29, 0.717) is 12.3 Å². The molecule has 0 spiro atoms. The maximum Gasteiger partial charge on any atom is 0.147 e. The van der Waals surface area contributed by atoms with E-state index in [1.54, 1.807) is 0 Å². The molecule has 1 aromatic heterocycles. The normalized spacial score (nSPS) is 18.2. The monoisotopic (exact) mass is 256 g/mol. The summed E-state index contributed by atoms with van der Waals surface area (Å²) in [4.78, 5) is 0. The molecule has 0 aliphatic heterocycles. The van der Waals surface area contributed by atoms with Crippen molar-refractivity contribution in [3.05, 3.63) is 24.0 Å². The molecule has 0 bridgehead atoms. The molecule has 0 radical (unpaired) electrons. The first-order valence-electron chi connectivity index (χ1n) is 6.05. The predicted molar refractivity (Wildman–Crippen MR) is 68.4 cm³/mol. The summed E-state index contributed by atoms with van der Waals surface area (Å²) in [5, 5.41) is 0. The van der Waals surface area contributed by atoms with Crippen LogP contribution in [0.3, 0.4) is 0 Å². The maximum absolute atomic E-state index is 11.0. The van der Waals surface area contributed by atoms with E-state index in [1.807, 2.05) is 23.0 Å². The highest BCUT2D eigenvalue weighted by Gasteiger charge is 2.29. The molecule has 1 atom stereocenters. The van der Waals surface area contributed by atoms with Crippen LogP contribution in [0.15, 0.2) is 18.5 Å². The Kier molecular flexibility index (Phi) is 3.58. The number of rotatable bonds is 6. The fourth-order valence-corrected chi connectivity index (χ4v) is 2.69. The van der Waals surface area contributed by atoms with Gasteiger partial charge in [-0.1, -0.05) is 0 Å². The van der Waals surface area contributed by atoms with Gasteiger partial charge in [0.15, 0.2) is 0 Å². The van der Waals surface area contributed by atoms with Crippen LogP contribution < -0.4 is 5.73 Å². The van der Waals surface area contributed by atoms with Crippen LogP contribution in [-0.4, -0.2) is 25.0 Å². The molecule has 1 aliphatic carbocycles. The fourth-order valence-electron chi connectivity index (χ4n) is 2.03. The first kappa shape index (κ1) is 12.6. The van der Waals surface area contributed by atoms with Crippen molar-refractivity contribution in [2.45, 2.75) is 31.8 Å². The zero-order valence-corrected chi connectivity index (χ0v) is 11.0. The van der Waals surface area contributed by atoms with Crippen molar-refractivity contribution in [2.24, 2.45) is 11.7 Å². The lowest BCUT2D eigenvalue weighted by Crippen LogP contribution is -2.11. The molecule has 0 saturated heterocycles. The van der Waals surface area contributed by atoms with E-state index in [-0.39, 0.29) is 11.8 Å². The van der Waals surface area contributed by atoms with Gasteiger partial charge >= 0.3 is 0 Å². The minimum Gasteiger partial charge on any atom is -0.354 e. The van der Waals surface area contributed by atoms with Gasteiger partial charge in [-0.2, -0.15) is 0 Å². The molecule has 0 aromatic carbocycles. The van der Waals surface area contributed by atoms with E-state index in [2.05, 4.69) is 0 Å². The number of sulfone groups is 1. The van der Waals surface area contributed by atoms with E-state index in [9.17, 15) is 8.42 Å². The van der Waals surface area contributed by atoms with Crippen molar-refractivity contribution in [1.29, 1.82) is 0 Å². The van der Waals surface area contributed by atoms with Gasteiger partial charge in [-0.25, -0.2) is 8.42 Å². The SMILES string of the molecule is CS(=O)(=O)CCCn1ccc(C(N)C2CC2)c1. The summed E-state index contributed by atoms with van der Waals surface area (Å²) < 4.78 is 24.0. The lowest BCUT2D eigenvalue weighted by molar-refractivity contribution is 0.591. The maximum atomic E-state index is 11.0. The Morgan fingerprint density at radius 2 is 2.24 bits per heavy atom. The summed E-state index contributed by atoms with van der Waals surface area (Å²) in [6.45, 7) is 0.741. The van der Waals surface area contributed by atoms with Gasteiger partial charge in [0.1, 0.15) is 9.84 Å². The Labute approximate surface area is 103 Å². The van der Waals surface area contributed by atoms with Crippen LogP contribution in [0.4, 0.5) is 0 Å². The van der Waals surface area contributed by atoms with Crippen LogP contribution in [-0.2, 0) is 16.4 Å². The standard InChI is InChI=1S/C12H20N2O2S/c1-17(15,16)8-2-6-14-7-5-11(9-14)12(13)10-3-4-10/h5,7,9-10,12H,2-4,6,8,13H2,1H3. The Morgan fingerprint density at radius 1 is 1.53 bits per heavy atom. The fraction of sp³-hybridized carbons (Fsp3) is 0.667. The van der Waals surface area contributed by atoms with Gasteiger partial charge in [-0.15, -0.1) is 0 Å². The van der Waals surface area contributed by atoms with Crippen molar-refractivity contribution in [3.8, 4) is 0 Å². The van der Waals surface area contributed by atoms with E-state index in [4.69, 9.17) is 5.73 Å². The average molecular weight is 256 g/mol. The Balaban J connectivity index is 1.85. The Morgan fingerprint density at radius 3 is 2.82 bits per heavy atom. The molecule has 0 amide bonds. The van der Waals surface area contributed by atoms with Gasteiger partial charge in [-0.05, 0) is 36.8 Å². The van der Waals surface area contributed by atoms with Crippen molar-refractivity contribution in [1.82, 2.24) is 4.57 Å². The second-order valence-electron chi connectivity index (χ2n) is 5.03. The van der Waals surface area contributed by atoms with Crippen molar-refractivity contribution >= 4 is 9.84 Å². The number of aromatic nitrogens is 1. The molecule has 1 aliphatic rings. The van der Waals surface area contributed by atoms with Crippen molar-refractivity contribution in [2.75, 3.05) is 12.0 Å².